The molecule has 94 valence electrons. The second-order valence-electron chi connectivity index (χ2n) is 5.54. The summed E-state index contributed by atoms with van der Waals surface area (Å²) in [4.78, 5) is 0. The van der Waals surface area contributed by atoms with Gasteiger partial charge in [0.1, 0.15) is 0 Å². The molecule has 1 fully saturated rings. The summed E-state index contributed by atoms with van der Waals surface area (Å²) in [6, 6.07) is 9.89. The normalized spacial score (nSPS) is 29.1. The van der Waals surface area contributed by atoms with Crippen LogP contribution in [-0.2, 0) is 10.0 Å². The Morgan fingerprint density at radius 1 is 1.12 bits per heavy atom. The zero-order chi connectivity index (χ0) is 12.8. The molecule has 1 saturated heterocycles. The van der Waals surface area contributed by atoms with E-state index in [0.29, 0.717) is 0 Å². The highest BCUT2D eigenvalue weighted by Crippen LogP contribution is 2.47. The lowest BCUT2D eigenvalue weighted by Gasteiger charge is -2.20. The molecule has 1 aromatic rings. The topological polar surface area (TPSA) is 37.1 Å². The summed E-state index contributed by atoms with van der Waals surface area (Å²) in [5, 5.41) is 0. The highest BCUT2D eigenvalue weighted by atomic mass is 32.2. The number of hydrogen-bond donors (Lipinski definition) is 0. The Morgan fingerprint density at radius 2 is 1.65 bits per heavy atom. The Labute approximate surface area is 104 Å². The number of rotatable bonds is 2. The minimum absolute atomic E-state index is 0.0143. The van der Waals surface area contributed by atoms with Crippen LogP contribution in [0.1, 0.15) is 39.3 Å². The Bertz CT molecular complexity index is 502. The molecule has 3 atom stereocenters. The minimum Gasteiger partial charge on any atom is -0.212 e. The fourth-order valence-electron chi connectivity index (χ4n) is 2.08. The quantitative estimate of drug-likeness (QED) is 0.760. The van der Waals surface area contributed by atoms with Crippen molar-refractivity contribution in [3.63, 3.8) is 0 Å². The third-order valence-electron chi connectivity index (χ3n) is 3.24. The van der Waals surface area contributed by atoms with Gasteiger partial charge < -0.3 is 0 Å². The van der Waals surface area contributed by atoms with Crippen molar-refractivity contribution in [3.8, 4) is 0 Å². The molecule has 1 unspecified atom stereocenters. The summed E-state index contributed by atoms with van der Waals surface area (Å²) in [5.74, 6) is 0. The molecule has 1 aliphatic rings. The first kappa shape index (κ1) is 12.6. The van der Waals surface area contributed by atoms with E-state index in [1.807, 2.05) is 37.3 Å². The van der Waals surface area contributed by atoms with Gasteiger partial charge in [-0.05, 0) is 33.3 Å². The molecule has 0 N–H and O–H groups in total. The van der Waals surface area contributed by atoms with E-state index in [2.05, 4.69) is 0 Å². The predicted molar refractivity (Wildman–Crippen MR) is 69.2 cm³/mol. The van der Waals surface area contributed by atoms with Gasteiger partial charge in [0.25, 0.3) is 0 Å². The van der Waals surface area contributed by atoms with E-state index < -0.39 is 14.8 Å². The lowest BCUT2D eigenvalue weighted by atomic mass is 10.1. The van der Waals surface area contributed by atoms with Gasteiger partial charge in [-0.25, -0.2) is 8.42 Å². The molecule has 0 bridgehead atoms. The van der Waals surface area contributed by atoms with Crippen LogP contribution < -0.4 is 0 Å². The van der Waals surface area contributed by atoms with Crippen LogP contribution in [0.2, 0.25) is 0 Å². The van der Waals surface area contributed by atoms with Crippen LogP contribution >= 0.6 is 0 Å². The highest BCUT2D eigenvalue weighted by Gasteiger charge is 2.56. The van der Waals surface area contributed by atoms with Crippen molar-refractivity contribution in [3.05, 3.63) is 35.9 Å². The van der Waals surface area contributed by atoms with E-state index in [4.69, 9.17) is 0 Å². The first-order chi connectivity index (χ1) is 7.77. The molecule has 0 aliphatic carbocycles. The molecule has 1 heterocycles. The number of sulfonamides is 1. The van der Waals surface area contributed by atoms with Gasteiger partial charge in [-0.2, -0.15) is 4.31 Å². The molecule has 2 rings (SSSR count). The van der Waals surface area contributed by atoms with Crippen LogP contribution in [-0.4, -0.2) is 23.5 Å². The van der Waals surface area contributed by atoms with E-state index in [1.54, 1.807) is 25.1 Å². The molecule has 1 aliphatic heterocycles. The number of hydrogen-bond acceptors (Lipinski definition) is 2. The number of nitrogens with zero attached hydrogens (tertiary/aromatic N) is 1. The Morgan fingerprint density at radius 3 is 2.12 bits per heavy atom. The van der Waals surface area contributed by atoms with Crippen molar-refractivity contribution >= 4 is 10.0 Å². The van der Waals surface area contributed by atoms with Gasteiger partial charge in [0.05, 0.1) is 10.8 Å². The standard InChI is InChI=1S/C13H19NO2S/c1-10-12(11-8-6-5-7-9-11)14(10)17(15,16)13(2,3)4/h5-10,12H,1-4H3/t10-,12-,14?/m1/s1. The maximum Gasteiger partial charge on any atom is 0.219 e. The van der Waals surface area contributed by atoms with Gasteiger partial charge in [0, 0.05) is 6.04 Å². The molecule has 0 saturated carbocycles. The third-order valence-corrected chi connectivity index (χ3v) is 5.90. The van der Waals surface area contributed by atoms with E-state index in [9.17, 15) is 8.42 Å². The monoisotopic (exact) mass is 253 g/mol. The molecule has 3 nitrogen and oxygen atoms in total. The molecular formula is C13H19NO2S. The maximum atomic E-state index is 12.3. The van der Waals surface area contributed by atoms with Gasteiger partial charge >= 0.3 is 0 Å². The van der Waals surface area contributed by atoms with Gasteiger partial charge in [-0.3, -0.25) is 0 Å². The highest BCUT2D eigenvalue weighted by molar-refractivity contribution is 7.90. The summed E-state index contributed by atoms with van der Waals surface area (Å²) in [7, 11) is -3.22. The van der Waals surface area contributed by atoms with Crippen LogP contribution in [0.15, 0.2) is 30.3 Å². The molecule has 0 radical (unpaired) electrons. The third kappa shape index (κ3) is 2.00. The lowest BCUT2D eigenvalue weighted by Crippen LogP contribution is -2.34. The smallest absolute Gasteiger partial charge is 0.212 e. The fourth-order valence-corrected chi connectivity index (χ4v) is 3.81. The second-order valence-corrected chi connectivity index (χ2v) is 8.14. The average Bonchev–Trinajstić information content (AvgIpc) is 2.90. The van der Waals surface area contributed by atoms with Crippen LogP contribution in [0.25, 0.3) is 0 Å². The Hall–Kier alpha value is -0.870. The zero-order valence-corrected chi connectivity index (χ0v) is 11.5. The molecule has 17 heavy (non-hydrogen) atoms. The van der Waals surface area contributed by atoms with Crippen LogP contribution in [0.4, 0.5) is 0 Å². The van der Waals surface area contributed by atoms with E-state index in [0.717, 1.165) is 5.56 Å². The molecular weight excluding hydrogens is 234 g/mol. The lowest BCUT2D eigenvalue weighted by molar-refractivity contribution is 0.512. The maximum absolute atomic E-state index is 12.3. The van der Waals surface area contributed by atoms with Crippen LogP contribution in [0.5, 0.6) is 0 Å². The van der Waals surface area contributed by atoms with E-state index >= 15 is 0 Å². The van der Waals surface area contributed by atoms with Gasteiger partial charge in [0.2, 0.25) is 10.0 Å². The van der Waals surface area contributed by atoms with Gasteiger partial charge in [0.15, 0.2) is 0 Å². The fraction of sp³-hybridized carbons (Fsp3) is 0.538. The number of benzene rings is 1. The summed E-state index contributed by atoms with van der Waals surface area (Å²) in [5.41, 5.74) is 1.08. The SMILES string of the molecule is C[C@@H]1[C@H](c2ccccc2)N1S(=O)(=O)C(C)(C)C. The van der Waals surface area contributed by atoms with Crippen molar-refractivity contribution in [1.82, 2.24) is 4.31 Å². The Balaban J connectivity index is 2.29. The molecule has 0 aromatic heterocycles. The summed E-state index contributed by atoms with van der Waals surface area (Å²) in [6.45, 7) is 7.20. The Kier molecular flexibility index (Phi) is 2.83. The molecule has 4 heteroatoms. The van der Waals surface area contributed by atoms with Gasteiger partial charge in [-0.1, -0.05) is 30.3 Å². The first-order valence-corrected chi connectivity index (χ1v) is 7.29. The van der Waals surface area contributed by atoms with E-state index in [1.165, 1.54) is 0 Å². The van der Waals surface area contributed by atoms with Crippen molar-refractivity contribution in [2.24, 2.45) is 0 Å². The summed E-state index contributed by atoms with van der Waals surface area (Å²) >= 11 is 0. The average molecular weight is 253 g/mol. The summed E-state index contributed by atoms with van der Waals surface area (Å²) < 4.78 is 25.6. The van der Waals surface area contributed by atoms with Crippen molar-refractivity contribution in [2.75, 3.05) is 0 Å². The molecule has 0 spiro atoms. The second kappa shape index (κ2) is 3.82. The van der Waals surface area contributed by atoms with Crippen LogP contribution in [0, 0.1) is 0 Å². The largest absolute Gasteiger partial charge is 0.219 e. The molecule has 1 aromatic carbocycles. The van der Waals surface area contributed by atoms with Crippen molar-refractivity contribution in [1.29, 1.82) is 0 Å². The zero-order valence-electron chi connectivity index (χ0n) is 10.7. The molecule has 0 amide bonds. The van der Waals surface area contributed by atoms with E-state index in [-0.39, 0.29) is 12.1 Å². The van der Waals surface area contributed by atoms with Crippen LogP contribution in [0.3, 0.4) is 0 Å². The van der Waals surface area contributed by atoms with Crippen molar-refractivity contribution < 1.29 is 8.42 Å². The predicted octanol–water partition coefficient (Wildman–Crippen LogP) is 2.56. The van der Waals surface area contributed by atoms with Crippen molar-refractivity contribution in [2.45, 2.75) is 44.5 Å². The first-order valence-electron chi connectivity index (χ1n) is 5.85. The summed E-state index contributed by atoms with van der Waals surface area (Å²) in [6.07, 6.45) is 0. The van der Waals surface area contributed by atoms with Gasteiger partial charge in [-0.15, -0.1) is 0 Å². The minimum atomic E-state index is -3.22.